The molecule has 174 valence electrons. The molecule has 0 aliphatic carbocycles. The summed E-state index contributed by atoms with van der Waals surface area (Å²) >= 11 is 6.25. The fourth-order valence-electron chi connectivity index (χ4n) is 3.13. The summed E-state index contributed by atoms with van der Waals surface area (Å²) in [6, 6.07) is 18.1. The number of ether oxygens (including phenoxy) is 1. The zero-order valence-corrected chi connectivity index (χ0v) is 20.4. The molecule has 1 N–H and O–H groups in total. The van der Waals surface area contributed by atoms with E-state index in [9.17, 15) is 13.2 Å². The normalized spacial score (nSPS) is 11.1. The lowest BCUT2D eigenvalue weighted by atomic mass is 10.2. The SMILES string of the molecule is CCN(C)c1cccc(NC(=O)c2cc(S(=O)(=O)N(C)c3ccc(OC)cc3)ccc2Cl)c1. The van der Waals surface area contributed by atoms with Crippen LogP contribution in [0.1, 0.15) is 17.3 Å². The maximum Gasteiger partial charge on any atom is 0.264 e. The molecule has 0 aliphatic heterocycles. The third-order valence-corrected chi connectivity index (χ3v) is 7.41. The van der Waals surface area contributed by atoms with Gasteiger partial charge in [-0.2, -0.15) is 0 Å². The number of nitrogens with one attached hydrogen (secondary N) is 1. The Bertz CT molecular complexity index is 1250. The Balaban J connectivity index is 1.88. The lowest BCUT2D eigenvalue weighted by Gasteiger charge is -2.20. The first kappa shape index (κ1) is 24.4. The molecule has 0 radical (unpaired) electrons. The van der Waals surface area contributed by atoms with Gasteiger partial charge in [0.05, 0.1) is 28.3 Å². The quantitative estimate of drug-likeness (QED) is 0.489. The van der Waals surface area contributed by atoms with Gasteiger partial charge >= 0.3 is 0 Å². The number of hydrogen-bond donors (Lipinski definition) is 1. The van der Waals surface area contributed by atoms with E-state index in [-0.39, 0.29) is 15.5 Å². The highest BCUT2D eigenvalue weighted by atomic mass is 35.5. The van der Waals surface area contributed by atoms with Crippen molar-refractivity contribution in [1.29, 1.82) is 0 Å². The maximum atomic E-state index is 13.2. The van der Waals surface area contributed by atoms with Crippen LogP contribution in [0.5, 0.6) is 5.75 Å². The summed E-state index contributed by atoms with van der Waals surface area (Å²) < 4.78 is 32.7. The largest absolute Gasteiger partial charge is 0.497 e. The van der Waals surface area contributed by atoms with E-state index in [0.717, 1.165) is 16.5 Å². The van der Waals surface area contributed by atoms with Crippen molar-refractivity contribution in [1.82, 2.24) is 0 Å². The zero-order chi connectivity index (χ0) is 24.2. The molecule has 0 saturated carbocycles. The van der Waals surface area contributed by atoms with Crippen molar-refractivity contribution < 1.29 is 17.9 Å². The first-order valence-corrected chi connectivity index (χ1v) is 12.0. The van der Waals surface area contributed by atoms with Crippen molar-refractivity contribution in [2.45, 2.75) is 11.8 Å². The van der Waals surface area contributed by atoms with Crippen LogP contribution in [0.25, 0.3) is 0 Å². The monoisotopic (exact) mass is 487 g/mol. The Hall–Kier alpha value is -3.23. The fraction of sp³-hybridized carbons (Fsp3) is 0.208. The summed E-state index contributed by atoms with van der Waals surface area (Å²) in [5.74, 6) is 0.115. The average Bonchev–Trinajstić information content (AvgIpc) is 2.83. The molecule has 0 spiro atoms. The molecule has 0 aromatic heterocycles. The summed E-state index contributed by atoms with van der Waals surface area (Å²) in [5.41, 5.74) is 2.04. The molecule has 1 amide bonds. The van der Waals surface area contributed by atoms with Crippen LogP contribution >= 0.6 is 11.6 Å². The number of halogens is 1. The molecule has 0 aliphatic rings. The molecule has 0 atom stereocenters. The molecule has 0 unspecified atom stereocenters. The molecule has 9 heteroatoms. The topological polar surface area (TPSA) is 79.0 Å². The molecule has 0 bridgehead atoms. The van der Waals surface area contributed by atoms with E-state index in [2.05, 4.69) is 5.32 Å². The zero-order valence-electron chi connectivity index (χ0n) is 18.9. The van der Waals surface area contributed by atoms with Gasteiger partial charge in [-0.25, -0.2) is 8.42 Å². The Morgan fingerprint density at radius 2 is 1.70 bits per heavy atom. The molecule has 7 nitrogen and oxygen atoms in total. The number of rotatable bonds is 8. The summed E-state index contributed by atoms with van der Waals surface area (Å²) in [6.45, 7) is 2.84. The van der Waals surface area contributed by atoms with Crippen LogP contribution in [0.15, 0.2) is 71.6 Å². The number of benzene rings is 3. The number of carbonyl (C=O) groups is 1. The minimum Gasteiger partial charge on any atom is -0.497 e. The smallest absolute Gasteiger partial charge is 0.264 e. The van der Waals surface area contributed by atoms with E-state index in [0.29, 0.717) is 17.1 Å². The Kier molecular flexibility index (Phi) is 7.50. The molecule has 0 saturated heterocycles. The van der Waals surface area contributed by atoms with E-state index >= 15 is 0 Å². The highest BCUT2D eigenvalue weighted by molar-refractivity contribution is 7.92. The third-order valence-electron chi connectivity index (χ3n) is 5.30. The highest BCUT2D eigenvalue weighted by Crippen LogP contribution is 2.28. The second-order valence-corrected chi connectivity index (χ2v) is 9.71. The Morgan fingerprint density at radius 3 is 2.33 bits per heavy atom. The number of anilines is 3. The summed E-state index contributed by atoms with van der Waals surface area (Å²) in [6.07, 6.45) is 0. The molecule has 3 rings (SSSR count). The van der Waals surface area contributed by atoms with E-state index in [1.165, 1.54) is 32.4 Å². The Labute approximate surface area is 199 Å². The van der Waals surface area contributed by atoms with Crippen molar-refractivity contribution in [3.8, 4) is 5.75 Å². The summed E-state index contributed by atoms with van der Waals surface area (Å²) in [4.78, 5) is 14.9. The average molecular weight is 488 g/mol. The number of amides is 1. The van der Waals surface area contributed by atoms with Crippen LogP contribution in [-0.2, 0) is 10.0 Å². The standard InChI is InChI=1S/C24H26ClN3O4S/c1-5-27(2)19-8-6-7-17(15-19)26-24(29)22-16-21(13-14-23(22)25)33(30,31)28(3)18-9-11-20(32-4)12-10-18/h6-16H,5H2,1-4H3,(H,26,29). The van der Waals surface area contributed by atoms with Crippen molar-refractivity contribution in [2.75, 3.05) is 42.3 Å². The van der Waals surface area contributed by atoms with Crippen LogP contribution in [0, 0.1) is 0 Å². The maximum absolute atomic E-state index is 13.2. The molecule has 3 aromatic rings. The predicted molar refractivity (Wildman–Crippen MR) is 133 cm³/mol. The number of hydrogen-bond acceptors (Lipinski definition) is 5. The number of sulfonamides is 1. The van der Waals surface area contributed by atoms with E-state index < -0.39 is 15.9 Å². The molecule has 0 heterocycles. The van der Waals surface area contributed by atoms with Crippen molar-refractivity contribution in [2.24, 2.45) is 0 Å². The van der Waals surface area contributed by atoms with Crippen molar-refractivity contribution in [3.05, 3.63) is 77.3 Å². The van der Waals surface area contributed by atoms with Gasteiger partial charge in [0.1, 0.15) is 5.75 Å². The molecule has 3 aromatic carbocycles. The number of methoxy groups -OCH3 is 1. The van der Waals surface area contributed by atoms with Gasteiger partial charge in [-0.1, -0.05) is 17.7 Å². The van der Waals surface area contributed by atoms with Gasteiger partial charge in [0, 0.05) is 32.0 Å². The van der Waals surface area contributed by atoms with Crippen LogP contribution in [0.4, 0.5) is 17.1 Å². The van der Waals surface area contributed by atoms with Crippen LogP contribution < -0.4 is 19.3 Å². The van der Waals surface area contributed by atoms with Crippen LogP contribution in [-0.4, -0.2) is 42.1 Å². The van der Waals surface area contributed by atoms with Gasteiger partial charge in [-0.05, 0) is 67.6 Å². The predicted octanol–water partition coefficient (Wildman–Crippen LogP) is 4.88. The summed E-state index contributed by atoms with van der Waals surface area (Å²) in [7, 11) is 1.000. The van der Waals surface area contributed by atoms with E-state index in [4.69, 9.17) is 16.3 Å². The van der Waals surface area contributed by atoms with E-state index in [1.54, 1.807) is 30.3 Å². The van der Waals surface area contributed by atoms with E-state index in [1.807, 2.05) is 37.1 Å². The molecular weight excluding hydrogens is 462 g/mol. The van der Waals surface area contributed by atoms with Gasteiger partial charge in [0.2, 0.25) is 0 Å². The first-order chi connectivity index (χ1) is 15.7. The second kappa shape index (κ2) is 10.1. The van der Waals surface area contributed by atoms with Crippen molar-refractivity contribution >= 4 is 44.6 Å². The number of carbonyl (C=O) groups excluding carboxylic acids is 1. The van der Waals surface area contributed by atoms with Crippen LogP contribution in [0.2, 0.25) is 5.02 Å². The summed E-state index contributed by atoms with van der Waals surface area (Å²) in [5, 5.41) is 2.95. The van der Waals surface area contributed by atoms with Gasteiger partial charge in [-0.3, -0.25) is 9.10 Å². The molecular formula is C24H26ClN3O4S. The lowest BCUT2D eigenvalue weighted by Crippen LogP contribution is -2.27. The number of nitrogens with zero attached hydrogens (tertiary/aromatic N) is 2. The van der Waals surface area contributed by atoms with Gasteiger partial charge in [0.25, 0.3) is 15.9 Å². The van der Waals surface area contributed by atoms with Crippen LogP contribution in [0.3, 0.4) is 0 Å². The fourth-order valence-corrected chi connectivity index (χ4v) is 4.56. The van der Waals surface area contributed by atoms with Crippen molar-refractivity contribution in [3.63, 3.8) is 0 Å². The first-order valence-electron chi connectivity index (χ1n) is 10.2. The van der Waals surface area contributed by atoms with Gasteiger partial charge < -0.3 is 15.0 Å². The minimum absolute atomic E-state index is 0.0464. The molecule has 33 heavy (non-hydrogen) atoms. The van der Waals surface area contributed by atoms with Gasteiger partial charge in [0.15, 0.2) is 0 Å². The lowest BCUT2D eigenvalue weighted by molar-refractivity contribution is 0.102. The molecule has 0 fully saturated rings. The van der Waals surface area contributed by atoms with Gasteiger partial charge in [-0.15, -0.1) is 0 Å². The third kappa shape index (κ3) is 5.40. The minimum atomic E-state index is -3.93. The Morgan fingerprint density at radius 1 is 1.00 bits per heavy atom. The highest BCUT2D eigenvalue weighted by Gasteiger charge is 2.24. The second-order valence-electron chi connectivity index (χ2n) is 7.33.